The fourth-order valence-corrected chi connectivity index (χ4v) is 3.74. The van der Waals surface area contributed by atoms with Crippen molar-refractivity contribution in [3.63, 3.8) is 0 Å². The lowest BCUT2D eigenvalue weighted by Crippen LogP contribution is -2.36. The number of pyridine rings is 1. The second-order valence-electron chi connectivity index (χ2n) is 8.12. The summed E-state index contributed by atoms with van der Waals surface area (Å²) in [4.78, 5) is 26.7. The molecule has 5 heterocycles. The van der Waals surface area contributed by atoms with Gasteiger partial charge in [-0.05, 0) is 18.2 Å². The molecule has 1 aliphatic heterocycles. The standard InChI is InChI=1S/C21H20F2N10O2/c1-31-6-4-21(35,19(31)34)16-11-33(30-29-16)17-8-12(18(22)23)7-15(27-17)14-3-5-24-20(28-14)26-13-9-25-32(2)10-13/h3,5,7-11,18,35H,4,6H2,1-2H3,(H,24,26,28)/t21-/m1/s1. The van der Waals surface area contributed by atoms with Crippen molar-refractivity contribution < 1.29 is 18.7 Å². The van der Waals surface area contributed by atoms with Gasteiger partial charge in [0.25, 0.3) is 12.3 Å². The van der Waals surface area contributed by atoms with E-state index in [9.17, 15) is 18.7 Å². The molecular weight excluding hydrogens is 462 g/mol. The number of hydrogen-bond acceptors (Lipinski definition) is 9. The van der Waals surface area contributed by atoms with E-state index in [1.807, 2.05) is 0 Å². The van der Waals surface area contributed by atoms with Crippen molar-refractivity contribution in [3.8, 4) is 17.2 Å². The van der Waals surface area contributed by atoms with Gasteiger partial charge in [-0.1, -0.05) is 5.21 Å². The number of nitrogens with one attached hydrogen (secondary N) is 1. The van der Waals surface area contributed by atoms with Crippen LogP contribution >= 0.6 is 0 Å². The van der Waals surface area contributed by atoms with Crippen LogP contribution in [-0.2, 0) is 17.4 Å². The monoisotopic (exact) mass is 482 g/mol. The molecule has 1 amide bonds. The maximum Gasteiger partial charge on any atom is 0.264 e. The molecular formula is C21H20F2N10O2. The van der Waals surface area contributed by atoms with Crippen LogP contribution in [0.15, 0.2) is 43.0 Å². The summed E-state index contributed by atoms with van der Waals surface area (Å²) in [7, 11) is 3.34. The predicted octanol–water partition coefficient (Wildman–Crippen LogP) is 1.58. The van der Waals surface area contributed by atoms with Gasteiger partial charge >= 0.3 is 0 Å². The van der Waals surface area contributed by atoms with Gasteiger partial charge < -0.3 is 15.3 Å². The molecule has 1 aliphatic rings. The lowest BCUT2D eigenvalue weighted by Gasteiger charge is -2.17. The molecule has 0 unspecified atom stereocenters. The molecule has 0 saturated carbocycles. The second-order valence-corrected chi connectivity index (χ2v) is 8.12. The van der Waals surface area contributed by atoms with Crippen molar-refractivity contribution in [1.29, 1.82) is 0 Å². The molecule has 1 fully saturated rings. The first-order chi connectivity index (χ1) is 16.7. The van der Waals surface area contributed by atoms with E-state index in [0.717, 1.165) is 10.7 Å². The van der Waals surface area contributed by atoms with E-state index in [1.165, 1.54) is 29.4 Å². The van der Waals surface area contributed by atoms with Crippen molar-refractivity contribution in [1.82, 2.24) is 44.6 Å². The quantitative estimate of drug-likeness (QED) is 0.419. The normalized spacial score (nSPS) is 18.0. The van der Waals surface area contributed by atoms with Crippen molar-refractivity contribution >= 4 is 17.5 Å². The topological polar surface area (TPSA) is 140 Å². The number of rotatable bonds is 6. The number of likely N-dealkylation sites (N-methyl/N-ethyl adjacent to an activating group) is 1. The molecule has 12 nitrogen and oxygen atoms in total. The Hall–Kier alpha value is -4.33. The number of hydrogen-bond donors (Lipinski definition) is 2. The van der Waals surface area contributed by atoms with Gasteiger partial charge in [0.05, 0.1) is 29.5 Å². The number of halogens is 2. The minimum atomic E-state index is -2.79. The Morgan fingerprint density at radius 3 is 2.69 bits per heavy atom. The zero-order chi connectivity index (χ0) is 24.7. The van der Waals surface area contributed by atoms with Crippen molar-refractivity contribution in [2.45, 2.75) is 18.4 Å². The molecule has 1 atom stereocenters. The summed E-state index contributed by atoms with van der Waals surface area (Å²) in [6.07, 6.45) is 3.46. The highest BCUT2D eigenvalue weighted by Gasteiger charge is 2.47. The minimum absolute atomic E-state index is 0.0163. The van der Waals surface area contributed by atoms with E-state index in [0.29, 0.717) is 17.9 Å². The third kappa shape index (κ3) is 4.19. The van der Waals surface area contributed by atoms with Crippen LogP contribution in [0, 0.1) is 0 Å². The van der Waals surface area contributed by atoms with E-state index in [-0.39, 0.29) is 35.1 Å². The largest absolute Gasteiger partial charge is 0.374 e. The third-order valence-electron chi connectivity index (χ3n) is 5.63. The van der Waals surface area contributed by atoms with Crippen LogP contribution in [0.25, 0.3) is 17.2 Å². The number of aromatic nitrogens is 8. The van der Waals surface area contributed by atoms with Gasteiger partial charge in [0, 0.05) is 45.0 Å². The van der Waals surface area contributed by atoms with Crippen LogP contribution in [0.2, 0.25) is 0 Å². The fourth-order valence-electron chi connectivity index (χ4n) is 3.74. The van der Waals surface area contributed by atoms with Crippen LogP contribution in [0.4, 0.5) is 20.4 Å². The lowest BCUT2D eigenvalue weighted by molar-refractivity contribution is -0.143. The Bertz CT molecular complexity index is 1400. The fraction of sp³-hybridized carbons (Fsp3) is 0.286. The van der Waals surface area contributed by atoms with Crippen molar-refractivity contribution in [2.75, 3.05) is 18.9 Å². The molecule has 180 valence electrons. The molecule has 35 heavy (non-hydrogen) atoms. The van der Waals surface area contributed by atoms with E-state index in [1.54, 1.807) is 31.2 Å². The van der Waals surface area contributed by atoms with Gasteiger partial charge in [0.1, 0.15) is 5.69 Å². The maximum atomic E-state index is 13.7. The van der Waals surface area contributed by atoms with E-state index >= 15 is 0 Å². The second kappa shape index (κ2) is 8.47. The van der Waals surface area contributed by atoms with Gasteiger partial charge in [-0.3, -0.25) is 9.48 Å². The summed E-state index contributed by atoms with van der Waals surface area (Å²) >= 11 is 0. The number of alkyl halides is 2. The minimum Gasteiger partial charge on any atom is -0.374 e. The van der Waals surface area contributed by atoms with E-state index < -0.39 is 17.9 Å². The van der Waals surface area contributed by atoms with Gasteiger partial charge in [-0.2, -0.15) is 5.10 Å². The number of carbonyl (C=O) groups is 1. The molecule has 5 rings (SSSR count). The molecule has 14 heteroatoms. The first-order valence-electron chi connectivity index (χ1n) is 10.5. The highest BCUT2D eigenvalue weighted by Crippen LogP contribution is 2.32. The molecule has 0 radical (unpaired) electrons. The first-order valence-corrected chi connectivity index (χ1v) is 10.5. The maximum absolute atomic E-state index is 13.7. The molecule has 0 spiro atoms. The third-order valence-corrected chi connectivity index (χ3v) is 5.63. The predicted molar refractivity (Wildman–Crippen MR) is 118 cm³/mol. The van der Waals surface area contributed by atoms with Gasteiger partial charge in [-0.25, -0.2) is 28.4 Å². The number of likely N-dealkylation sites (tertiary alicyclic amines) is 1. The summed E-state index contributed by atoms with van der Waals surface area (Å²) in [5.41, 5.74) is -1.01. The van der Waals surface area contributed by atoms with E-state index in [4.69, 9.17) is 0 Å². The number of aryl methyl sites for hydroxylation is 1. The van der Waals surface area contributed by atoms with Crippen LogP contribution in [0.5, 0.6) is 0 Å². The van der Waals surface area contributed by atoms with E-state index in [2.05, 4.69) is 35.7 Å². The molecule has 0 bridgehead atoms. The molecule has 4 aromatic heterocycles. The van der Waals surface area contributed by atoms with Gasteiger partial charge in [-0.15, -0.1) is 5.10 Å². The average molecular weight is 482 g/mol. The smallest absolute Gasteiger partial charge is 0.264 e. The van der Waals surface area contributed by atoms with Gasteiger partial charge in [0.2, 0.25) is 5.95 Å². The summed E-state index contributed by atoms with van der Waals surface area (Å²) < 4.78 is 30.2. The highest BCUT2D eigenvalue weighted by molar-refractivity contribution is 5.87. The Kier molecular flexibility index (Phi) is 5.43. The number of carbonyl (C=O) groups excluding carboxylic acids is 1. The lowest BCUT2D eigenvalue weighted by atomic mass is 9.99. The average Bonchev–Trinajstić information content (AvgIpc) is 3.56. The molecule has 2 N–H and O–H groups in total. The summed E-state index contributed by atoms with van der Waals surface area (Å²) in [6.45, 7) is 0.356. The summed E-state index contributed by atoms with van der Waals surface area (Å²) in [5.74, 6) is -0.246. The number of aliphatic hydroxyl groups is 1. The Labute approximate surface area is 197 Å². The molecule has 1 saturated heterocycles. The van der Waals surface area contributed by atoms with Crippen LogP contribution in [0.3, 0.4) is 0 Å². The summed E-state index contributed by atoms with van der Waals surface area (Å²) in [6, 6.07) is 3.93. The first kappa shape index (κ1) is 22.5. The van der Waals surface area contributed by atoms with Gasteiger partial charge in [0.15, 0.2) is 11.4 Å². The highest BCUT2D eigenvalue weighted by atomic mass is 19.3. The Morgan fingerprint density at radius 1 is 1.17 bits per heavy atom. The molecule has 4 aromatic rings. The zero-order valence-electron chi connectivity index (χ0n) is 18.7. The van der Waals surface area contributed by atoms with Crippen LogP contribution in [0.1, 0.15) is 24.1 Å². The number of anilines is 2. The van der Waals surface area contributed by atoms with Crippen molar-refractivity contribution in [3.05, 3.63) is 54.2 Å². The number of nitrogens with zero attached hydrogens (tertiary/aromatic N) is 9. The zero-order valence-corrected chi connectivity index (χ0v) is 18.7. The van der Waals surface area contributed by atoms with Crippen LogP contribution < -0.4 is 5.32 Å². The summed E-state index contributed by atoms with van der Waals surface area (Å²) in [5, 5.41) is 25.7. The Morgan fingerprint density at radius 2 is 2.00 bits per heavy atom. The SMILES string of the molecule is CN1CC[C@@](O)(c2cn(-c3cc(C(F)F)cc(-c4ccnc(Nc5cnn(C)c5)n4)n3)nn2)C1=O. The molecule has 0 aromatic carbocycles. The van der Waals surface area contributed by atoms with Crippen LogP contribution in [-0.4, -0.2) is 69.2 Å². The Balaban J connectivity index is 1.51. The van der Waals surface area contributed by atoms with Crippen molar-refractivity contribution in [2.24, 2.45) is 7.05 Å². The number of amides is 1. The molecule has 0 aliphatic carbocycles.